The molecule has 2 amide bonds. The molecule has 0 bridgehead atoms. The van der Waals surface area contributed by atoms with Crippen LogP contribution in [0.4, 0.5) is 5.69 Å². The number of nitrogens with zero attached hydrogens (tertiary/aromatic N) is 3. The second-order valence-corrected chi connectivity index (χ2v) is 7.02. The zero-order valence-corrected chi connectivity index (χ0v) is 18.8. The SMILES string of the molecule is CN=C(NCCCCN1C(=O)c2ccccc2C1=O)N1CCc2ccccc21.I. The Hall–Kier alpha value is -2.42. The van der Waals surface area contributed by atoms with Gasteiger partial charge in [0.25, 0.3) is 11.8 Å². The van der Waals surface area contributed by atoms with Crippen LogP contribution in [0.3, 0.4) is 0 Å². The monoisotopic (exact) mass is 504 g/mol. The Labute approximate surface area is 188 Å². The maximum atomic E-state index is 12.4. The zero-order valence-electron chi connectivity index (χ0n) is 16.4. The lowest BCUT2D eigenvalue weighted by Gasteiger charge is -2.22. The molecule has 1 N–H and O–H groups in total. The average Bonchev–Trinajstić information content (AvgIpc) is 3.26. The van der Waals surface area contributed by atoms with E-state index in [1.165, 1.54) is 16.2 Å². The molecule has 2 aromatic rings. The minimum absolute atomic E-state index is 0. The van der Waals surface area contributed by atoms with E-state index in [2.05, 4.69) is 33.4 Å². The van der Waals surface area contributed by atoms with Crippen molar-refractivity contribution in [2.45, 2.75) is 19.3 Å². The fourth-order valence-electron chi connectivity index (χ4n) is 3.89. The van der Waals surface area contributed by atoms with Crippen LogP contribution < -0.4 is 10.2 Å². The summed E-state index contributed by atoms with van der Waals surface area (Å²) >= 11 is 0. The molecule has 152 valence electrons. The number of carbonyl (C=O) groups excluding carboxylic acids is 2. The second-order valence-electron chi connectivity index (χ2n) is 7.02. The van der Waals surface area contributed by atoms with Gasteiger partial charge in [-0.25, -0.2) is 0 Å². The third kappa shape index (κ3) is 4.14. The quantitative estimate of drug-likeness (QED) is 0.223. The van der Waals surface area contributed by atoms with Crippen LogP contribution in [0.15, 0.2) is 53.5 Å². The first kappa shape index (κ1) is 21.3. The van der Waals surface area contributed by atoms with Crippen molar-refractivity contribution >= 4 is 47.4 Å². The van der Waals surface area contributed by atoms with Crippen LogP contribution in [-0.4, -0.2) is 49.4 Å². The second kappa shape index (κ2) is 9.39. The van der Waals surface area contributed by atoms with Crippen LogP contribution >= 0.6 is 24.0 Å². The van der Waals surface area contributed by atoms with Crippen LogP contribution in [0.25, 0.3) is 0 Å². The predicted molar refractivity (Wildman–Crippen MR) is 125 cm³/mol. The first-order chi connectivity index (χ1) is 13.7. The Morgan fingerprint density at radius 3 is 2.34 bits per heavy atom. The van der Waals surface area contributed by atoms with Gasteiger partial charge < -0.3 is 10.2 Å². The summed E-state index contributed by atoms with van der Waals surface area (Å²) in [6.45, 7) is 2.11. The molecule has 2 aliphatic heterocycles. The molecule has 0 saturated carbocycles. The fraction of sp³-hybridized carbons (Fsp3) is 0.318. The third-order valence-corrected chi connectivity index (χ3v) is 5.32. The average molecular weight is 504 g/mol. The maximum Gasteiger partial charge on any atom is 0.261 e. The van der Waals surface area contributed by atoms with Crippen molar-refractivity contribution in [1.29, 1.82) is 0 Å². The van der Waals surface area contributed by atoms with Crippen molar-refractivity contribution in [3.05, 3.63) is 65.2 Å². The molecule has 29 heavy (non-hydrogen) atoms. The number of aliphatic imine (C=N–C) groups is 1. The number of rotatable bonds is 5. The number of benzene rings is 2. The molecule has 0 saturated heterocycles. The van der Waals surface area contributed by atoms with Crippen LogP contribution in [0.1, 0.15) is 39.1 Å². The molecule has 2 aliphatic rings. The number of imide groups is 1. The lowest BCUT2D eigenvalue weighted by atomic mass is 10.1. The topological polar surface area (TPSA) is 65.0 Å². The molecule has 2 aromatic carbocycles. The molecule has 0 fully saturated rings. The van der Waals surface area contributed by atoms with E-state index >= 15 is 0 Å². The Morgan fingerprint density at radius 2 is 1.66 bits per heavy atom. The van der Waals surface area contributed by atoms with Gasteiger partial charge >= 0.3 is 0 Å². The van der Waals surface area contributed by atoms with E-state index in [9.17, 15) is 9.59 Å². The van der Waals surface area contributed by atoms with E-state index in [0.29, 0.717) is 17.7 Å². The minimum atomic E-state index is -0.182. The van der Waals surface area contributed by atoms with E-state index in [1.54, 1.807) is 31.3 Å². The highest BCUT2D eigenvalue weighted by atomic mass is 127. The van der Waals surface area contributed by atoms with Gasteiger partial charge in [-0.2, -0.15) is 0 Å². The summed E-state index contributed by atoms with van der Waals surface area (Å²) in [6.07, 6.45) is 2.63. The predicted octanol–water partition coefficient (Wildman–Crippen LogP) is 3.32. The van der Waals surface area contributed by atoms with Crippen LogP contribution in [-0.2, 0) is 6.42 Å². The number of guanidine groups is 1. The molecular weight excluding hydrogens is 479 g/mol. The fourth-order valence-corrected chi connectivity index (χ4v) is 3.89. The highest BCUT2D eigenvalue weighted by Crippen LogP contribution is 2.27. The maximum absolute atomic E-state index is 12.4. The van der Waals surface area contributed by atoms with Gasteiger partial charge in [-0.05, 0) is 43.0 Å². The number of carbonyl (C=O) groups is 2. The summed E-state index contributed by atoms with van der Waals surface area (Å²) in [5.41, 5.74) is 3.58. The Kier molecular flexibility index (Phi) is 6.89. The largest absolute Gasteiger partial charge is 0.356 e. The highest BCUT2D eigenvalue weighted by Gasteiger charge is 2.34. The Balaban J connectivity index is 0.00000240. The molecule has 0 aliphatic carbocycles. The zero-order chi connectivity index (χ0) is 19.5. The number of halogens is 1. The van der Waals surface area contributed by atoms with E-state index < -0.39 is 0 Å². The number of para-hydroxylation sites is 1. The standard InChI is InChI=1S/C22H24N4O2.HI/c1-23-22(25-15-12-16-8-2-5-11-19(16)25)24-13-6-7-14-26-20(27)17-9-3-4-10-18(17)21(26)28;/h2-5,8-11H,6-7,12-15H2,1H3,(H,23,24);1H. The molecule has 0 radical (unpaired) electrons. The van der Waals surface area contributed by atoms with Gasteiger partial charge in [0.15, 0.2) is 5.96 Å². The number of amides is 2. The van der Waals surface area contributed by atoms with Gasteiger partial charge in [-0.3, -0.25) is 19.5 Å². The van der Waals surface area contributed by atoms with Gasteiger partial charge in [0.1, 0.15) is 0 Å². The summed E-state index contributed by atoms with van der Waals surface area (Å²) in [7, 11) is 1.79. The van der Waals surface area contributed by atoms with Gasteiger partial charge in [0.2, 0.25) is 0 Å². The summed E-state index contributed by atoms with van der Waals surface area (Å²) < 4.78 is 0. The third-order valence-electron chi connectivity index (χ3n) is 5.32. The molecular formula is C22H25IN4O2. The molecule has 0 aromatic heterocycles. The lowest BCUT2D eigenvalue weighted by molar-refractivity contribution is 0.0652. The van der Waals surface area contributed by atoms with E-state index in [-0.39, 0.29) is 35.8 Å². The highest BCUT2D eigenvalue weighted by molar-refractivity contribution is 14.0. The molecule has 7 heteroatoms. The molecule has 0 atom stereocenters. The lowest BCUT2D eigenvalue weighted by Crippen LogP contribution is -2.41. The number of fused-ring (bicyclic) bond motifs is 2. The molecule has 0 unspecified atom stereocenters. The van der Waals surface area contributed by atoms with Crippen molar-refractivity contribution in [2.24, 2.45) is 4.99 Å². The van der Waals surface area contributed by atoms with Crippen molar-refractivity contribution in [3.8, 4) is 0 Å². The van der Waals surface area contributed by atoms with E-state index in [1.807, 2.05) is 6.07 Å². The Morgan fingerprint density at radius 1 is 1.00 bits per heavy atom. The van der Waals surface area contributed by atoms with Crippen molar-refractivity contribution < 1.29 is 9.59 Å². The van der Waals surface area contributed by atoms with Gasteiger partial charge in [0, 0.05) is 32.4 Å². The normalized spacial score (nSPS) is 15.3. The summed E-state index contributed by atoms with van der Waals surface area (Å²) in [5.74, 6) is 0.502. The smallest absolute Gasteiger partial charge is 0.261 e. The first-order valence-corrected chi connectivity index (χ1v) is 9.72. The van der Waals surface area contributed by atoms with E-state index in [4.69, 9.17) is 0 Å². The van der Waals surface area contributed by atoms with E-state index in [0.717, 1.165) is 38.3 Å². The van der Waals surface area contributed by atoms with Crippen molar-refractivity contribution in [1.82, 2.24) is 10.2 Å². The number of hydrogen-bond donors (Lipinski definition) is 1. The van der Waals surface area contributed by atoms with Gasteiger partial charge in [-0.15, -0.1) is 24.0 Å². The number of anilines is 1. The molecule has 2 heterocycles. The number of hydrogen-bond acceptors (Lipinski definition) is 3. The summed E-state index contributed by atoms with van der Waals surface area (Å²) in [6, 6.07) is 15.4. The molecule has 0 spiro atoms. The van der Waals surface area contributed by atoms with Crippen LogP contribution in [0.2, 0.25) is 0 Å². The van der Waals surface area contributed by atoms with Crippen LogP contribution in [0, 0.1) is 0 Å². The molecule has 4 rings (SSSR count). The number of nitrogens with one attached hydrogen (secondary N) is 1. The summed E-state index contributed by atoms with van der Waals surface area (Å²) in [5, 5.41) is 3.40. The van der Waals surface area contributed by atoms with Gasteiger partial charge in [0.05, 0.1) is 11.1 Å². The Bertz CT molecular complexity index is 909. The summed E-state index contributed by atoms with van der Waals surface area (Å²) in [4.78, 5) is 32.7. The first-order valence-electron chi connectivity index (χ1n) is 9.72. The van der Waals surface area contributed by atoms with Crippen molar-refractivity contribution in [2.75, 3.05) is 31.6 Å². The van der Waals surface area contributed by atoms with Gasteiger partial charge in [-0.1, -0.05) is 30.3 Å². The minimum Gasteiger partial charge on any atom is -0.356 e. The number of unbranched alkanes of at least 4 members (excludes halogenated alkanes) is 1. The van der Waals surface area contributed by atoms with Crippen LogP contribution in [0.5, 0.6) is 0 Å². The molecule has 6 nitrogen and oxygen atoms in total. The van der Waals surface area contributed by atoms with Crippen molar-refractivity contribution in [3.63, 3.8) is 0 Å².